The van der Waals surface area contributed by atoms with Crippen molar-refractivity contribution < 1.29 is 27.2 Å². The summed E-state index contributed by atoms with van der Waals surface area (Å²) in [5, 5.41) is 5.64. The SMILES string of the molecule is O=C(NCC1CCC1)c1ccc2c(c1)CN(C1=NOC(c3cc(Cl)c(F)c(Cl)c3)(C(F)(F)F)C1)C2. The van der Waals surface area contributed by atoms with Crippen molar-refractivity contribution in [2.45, 2.75) is 50.6 Å². The molecule has 5 rings (SSSR count). The van der Waals surface area contributed by atoms with Crippen molar-refractivity contribution in [2.75, 3.05) is 6.54 Å². The molecule has 1 amide bonds. The van der Waals surface area contributed by atoms with Crippen molar-refractivity contribution in [2.24, 2.45) is 11.1 Å². The van der Waals surface area contributed by atoms with Crippen molar-refractivity contribution in [3.63, 3.8) is 0 Å². The number of carbonyl (C=O) groups excluding carboxylic acids is 1. The Morgan fingerprint density at radius 2 is 1.83 bits per heavy atom. The summed E-state index contributed by atoms with van der Waals surface area (Å²) in [4.78, 5) is 19.2. The van der Waals surface area contributed by atoms with Crippen LogP contribution in [-0.4, -0.2) is 29.4 Å². The van der Waals surface area contributed by atoms with Crippen LogP contribution in [0, 0.1) is 11.7 Å². The van der Waals surface area contributed by atoms with Gasteiger partial charge in [-0.05, 0) is 54.2 Å². The predicted molar refractivity (Wildman–Crippen MR) is 123 cm³/mol. The zero-order chi connectivity index (χ0) is 25.0. The highest BCUT2D eigenvalue weighted by Crippen LogP contribution is 2.50. The largest absolute Gasteiger partial charge is 0.435 e. The van der Waals surface area contributed by atoms with E-state index in [1.807, 2.05) is 0 Å². The summed E-state index contributed by atoms with van der Waals surface area (Å²) in [5.41, 5.74) is -1.04. The number of amides is 1. The number of hydrogen-bond acceptors (Lipinski definition) is 4. The molecule has 1 atom stereocenters. The number of carbonyl (C=O) groups is 1. The number of amidine groups is 1. The van der Waals surface area contributed by atoms with Gasteiger partial charge < -0.3 is 15.1 Å². The smallest absolute Gasteiger partial charge is 0.372 e. The highest BCUT2D eigenvalue weighted by Gasteiger charge is 2.63. The van der Waals surface area contributed by atoms with Crippen LogP contribution in [0.25, 0.3) is 0 Å². The normalized spacial score (nSPS) is 21.9. The first-order chi connectivity index (χ1) is 16.6. The third kappa shape index (κ3) is 4.33. The van der Waals surface area contributed by atoms with Gasteiger partial charge in [-0.1, -0.05) is 40.8 Å². The van der Waals surface area contributed by atoms with E-state index in [0.29, 0.717) is 24.6 Å². The van der Waals surface area contributed by atoms with Crippen molar-refractivity contribution in [1.29, 1.82) is 0 Å². The number of rotatable bonds is 4. The molecule has 3 aliphatic rings. The number of oxime groups is 1. The van der Waals surface area contributed by atoms with Gasteiger partial charge in [-0.3, -0.25) is 4.79 Å². The van der Waals surface area contributed by atoms with Gasteiger partial charge in [-0.25, -0.2) is 4.39 Å². The second-order valence-corrected chi connectivity index (χ2v) is 10.0. The van der Waals surface area contributed by atoms with E-state index in [9.17, 15) is 22.4 Å². The van der Waals surface area contributed by atoms with Gasteiger partial charge in [-0.15, -0.1) is 0 Å². The highest BCUT2D eigenvalue weighted by molar-refractivity contribution is 6.35. The molecule has 35 heavy (non-hydrogen) atoms. The van der Waals surface area contributed by atoms with Gasteiger partial charge in [0.05, 0.1) is 16.5 Å². The summed E-state index contributed by atoms with van der Waals surface area (Å²) in [7, 11) is 0. The minimum absolute atomic E-state index is 0.0890. The minimum Gasteiger partial charge on any atom is -0.372 e. The first-order valence-corrected chi connectivity index (χ1v) is 11.9. The second-order valence-electron chi connectivity index (χ2n) is 9.20. The molecule has 1 aliphatic carbocycles. The lowest BCUT2D eigenvalue weighted by Gasteiger charge is -2.30. The van der Waals surface area contributed by atoms with Gasteiger partial charge in [0.2, 0.25) is 0 Å². The van der Waals surface area contributed by atoms with Gasteiger partial charge in [0.25, 0.3) is 11.5 Å². The van der Waals surface area contributed by atoms with E-state index in [1.54, 1.807) is 23.1 Å². The molecule has 5 nitrogen and oxygen atoms in total. The van der Waals surface area contributed by atoms with Crippen LogP contribution in [0.1, 0.15) is 52.7 Å². The summed E-state index contributed by atoms with van der Waals surface area (Å²) in [6.07, 6.45) is -2.06. The van der Waals surface area contributed by atoms with Gasteiger partial charge in [0.15, 0.2) is 5.82 Å². The summed E-state index contributed by atoms with van der Waals surface area (Å²) >= 11 is 11.5. The molecular weight excluding hydrogens is 509 g/mol. The molecule has 1 saturated carbocycles. The second kappa shape index (κ2) is 8.85. The van der Waals surface area contributed by atoms with E-state index in [0.717, 1.165) is 36.1 Å². The molecule has 1 unspecified atom stereocenters. The van der Waals surface area contributed by atoms with E-state index in [1.165, 1.54) is 6.42 Å². The van der Waals surface area contributed by atoms with E-state index in [4.69, 9.17) is 28.0 Å². The van der Waals surface area contributed by atoms with Crippen molar-refractivity contribution in [3.05, 3.63) is 68.4 Å². The zero-order valence-electron chi connectivity index (χ0n) is 18.4. The molecule has 2 heterocycles. The van der Waals surface area contributed by atoms with Crippen LogP contribution in [0.2, 0.25) is 10.0 Å². The first kappa shape index (κ1) is 24.2. The molecule has 186 valence electrons. The van der Waals surface area contributed by atoms with Gasteiger partial charge >= 0.3 is 6.18 Å². The number of alkyl halides is 3. The maximum atomic E-state index is 14.2. The maximum absolute atomic E-state index is 14.2. The number of nitrogens with one attached hydrogen (secondary N) is 1. The third-order valence-electron chi connectivity index (χ3n) is 6.95. The van der Waals surface area contributed by atoms with Crippen molar-refractivity contribution in [1.82, 2.24) is 10.2 Å². The van der Waals surface area contributed by atoms with Gasteiger partial charge in [-0.2, -0.15) is 13.2 Å². The highest BCUT2D eigenvalue weighted by atomic mass is 35.5. The first-order valence-electron chi connectivity index (χ1n) is 11.2. The van der Waals surface area contributed by atoms with E-state index in [-0.39, 0.29) is 18.3 Å². The Morgan fingerprint density at radius 1 is 1.14 bits per heavy atom. The van der Waals surface area contributed by atoms with Crippen molar-refractivity contribution in [3.8, 4) is 0 Å². The molecule has 0 saturated heterocycles. The Kier molecular flexibility index (Phi) is 6.12. The molecule has 0 bridgehead atoms. The number of halogens is 6. The van der Waals surface area contributed by atoms with Crippen molar-refractivity contribution >= 4 is 34.9 Å². The number of fused-ring (bicyclic) bond motifs is 1. The van der Waals surface area contributed by atoms with Crippen LogP contribution < -0.4 is 5.32 Å². The molecule has 11 heteroatoms. The van der Waals surface area contributed by atoms with Gasteiger partial charge in [0, 0.05) is 30.8 Å². The lowest BCUT2D eigenvalue weighted by molar-refractivity contribution is -0.275. The quantitative estimate of drug-likeness (QED) is 0.380. The molecule has 0 spiro atoms. The summed E-state index contributed by atoms with van der Waals surface area (Å²) in [6, 6.07) is 7.01. The average molecular weight is 530 g/mol. The third-order valence-corrected chi connectivity index (χ3v) is 7.50. The van der Waals surface area contributed by atoms with Crippen LogP contribution in [0.5, 0.6) is 0 Å². The van der Waals surface area contributed by atoms with Crippen LogP contribution in [0.4, 0.5) is 17.6 Å². The molecule has 0 radical (unpaired) electrons. The van der Waals surface area contributed by atoms with Crippen LogP contribution in [0.3, 0.4) is 0 Å². The van der Waals surface area contributed by atoms with E-state index < -0.39 is 39.6 Å². The fraction of sp³-hybridized carbons (Fsp3) is 0.417. The average Bonchev–Trinajstić information content (AvgIpc) is 3.40. The Balaban J connectivity index is 1.33. The number of nitrogens with zero attached hydrogens (tertiary/aromatic N) is 2. The number of benzene rings is 2. The molecule has 2 aromatic carbocycles. The molecular formula is C24H21Cl2F4N3O2. The monoisotopic (exact) mass is 529 g/mol. The fourth-order valence-electron chi connectivity index (χ4n) is 4.60. The Hall–Kier alpha value is -2.52. The molecule has 0 aromatic heterocycles. The molecule has 1 fully saturated rings. The Morgan fingerprint density at radius 3 is 2.46 bits per heavy atom. The minimum atomic E-state index is -4.87. The Labute approximate surface area is 209 Å². The maximum Gasteiger partial charge on any atom is 0.435 e. The van der Waals surface area contributed by atoms with Crippen LogP contribution >= 0.6 is 23.2 Å². The Bertz CT molecular complexity index is 1190. The van der Waals surface area contributed by atoms with Gasteiger partial charge in [0.1, 0.15) is 5.84 Å². The van der Waals surface area contributed by atoms with E-state index in [2.05, 4.69) is 10.5 Å². The van der Waals surface area contributed by atoms with Crippen LogP contribution in [0.15, 0.2) is 35.5 Å². The standard InChI is InChI=1S/C24H21Cl2F4N3O2/c25-18-7-17(8-19(26)21(18)27)23(24(28,29)30)9-20(32-35-23)33-11-15-5-4-14(6-16(15)12-33)22(34)31-10-13-2-1-3-13/h4-8,13H,1-3,9-12H2,(H,31,34). The molecule has 1 N–H and O–H groups in total. The lowest BCUT2D eigenvalue weighted by atomic mass is 9.85. The topological polar surface area (TPSA) is 53.9 Å². The summed E-state index contributed by atoms with van der Waals surface area (Å²) < 4.78 is 56.6. The lowest BCUT2D eigenvalue weighted by Crippen LogP contribution is -2.44. The fourth-order valence-corrected chi connectivity index (χ4v) is 5.09. The predicted octanol–water partition coefficient (Wildman–Crippen LogP) is 6.17. The molecule has 2 aromatic rings. The summed E-state index contributed by atoms with van der Waals surface area (Å²) in [6.45, 7) is 1.24. The molecule has 2 aliphatic heterocycles. The number of hydrogen-bond donors (Lipinski definition) is 1. The van der Waals surface area contributed by atoms with Crippen LogP contribution in [-0.2, 0) is 23.5 Å². The van der Waals surface area contributed by atoms with E-state index >= 15 is 0 Å². The summed E-state index contributed by atoms with van der Waals surface area (Å²) in [5.74, 6) is -0.549. The zero-order valence-corrected chi connectivity index (χ0v) is 19.9.